The summed E-state index contributed by atoms with van der Waals surface area (Å²) in [4.78, 5) is 15.9. The molecule has 0 unspecified atom stereocenters. The lowest BCUT2D eigenvalue weighted by molar-refractivity contribution is -0.0170. The van der Waals surface area contributed by atoms with E-state index in [2.05, 4.69) is 15.6 Å². The van der Waals surface area contributed by atoms with Crippen molar-refractivity contribution < 1.29 is 23.0 Å². The summed E-state index contributed by atoms with van der Waals surface area (Å²) in [5.74, 6) is -1.00. The lowest BCUT2D eigenvalue weighted by Gasteiger charge is -2.47. The van der Waals surface area contributed by atoms with E-state index in [0.29, 0.717) is 35.8 Å². The van der Waals surface area contributed by atoms with Crippen LogP contribution in [0.3, 0.4) is 0 Å². The zero-order chi connectivity index (χ0) is 25.4. The van der Waals surface area contributed by atoms with Crippen molar-refractivity contribution in [3.8, 4) is 22.8 Å². The van der Waals surface area contributed by atoms with Gasteiger partial charge >= 0.3 is 0 Å². The van der Waals surface area contributed by atoms with Gasteiger partial charge in [-0.2, -0.15) is 0 Å². The Kier molecular flexibility index (Phi) is 6.52. The van der Waals surface area contributed by atoms with Crippen LogP contribution in [0.25, 0.3) is 22.2 Å². The van der Waals surface area contributed by atoms with E-state index < -0.39 is 11.6 Å². The van der Waals surface area contributed by atoms with Gasteiger partial charge in [0.25, 0.3) is 0 Å². The molecule has 5 rings (SSSR count). The van der Waals surface area contributed by atoms with Gasteiger partial charge < -0.3 is 29.7 Å². The number of methoxy groups -OCH3 is 3. The zero-order valence-electron chi connectivity index (χ0n) is 20.8. The van der Waals surface area contributed by atoms with Crippen LogP contribution in [-0.2, 0) is 4.74 Å². The van der Waals surface area contributed by atoms with Crippen LogP contribution in [-0.4, -0.2) is 74.1 Å². The topological polar surface area (TPSA) is 93.7 Å². The minimum absolute atomic E-state index is 0.0940. The van der Waals surface area contributed by atoms with Gasteiger partial charge in [-0.15, -0.1) is 0 Å². The molecule has 11 heteroatoms. The maximum atomic E-state index is 15.3. The van der Waals surface area contributed by atoms with Crippen LogP contribution in [0.5, 0.6) is 11.5 Å². The molecule has 1 aromatic carbocycles. The van der Waals surface area contributed by atoms with Gasteiger partial charge in [-0.05, 0) is 32.4 Å². The van der Waals surface area contributed by atoms with Crippen molar-refractivity contribution >= 4 is 22.7 Å². The standard InChI is InChI=1S/C25H30F2N6O3/c1-25(36-4)12-33(13-25)23-22-14(10-29-24(32-22)30-15-6-5-7-28-11-15)8-16(31-23)19-20(26)17(34-2)9-18(35-3)21(19)27/h8-10,15,28H,5-7,11-13H2,1-4H3,(H,29,30,32)/t15-/m0/s1. The van der Waals surface area contributed by atoms with E-state index in [1.54, 1.807) is 19.4 Å². The van der Waals surface area contributed by atoms with Crippen molar-refractivity contribution in [2.75, 3.05) is 57.7 Å². The average molecular weight is 501 g/mol. The molecule has 0 spiro atoms. The Balaban J connectivity index is 1.63. The van der Waals surface area contributed by atoms with Gasteiger partial charge in [0.2, 0.25) is 5.95 Å². The quantitative estimate of drug-likeness (QED) is 0.506. The number of nitrogens with zero attached hydrogens (tertiary/aromatic N) is 4. The highest BCUT2D eigenvalue weighted by molar-refractivity contribution is 5.92. The summed E-state index contributed by atoms with van der Waals surface area (Å²) >= 11 is 0. The van der Waals surface area contributed by atoms with E-state index >= 15 is 8.78 Å². The molecule has 2 aliphatic rings. The van der Waals surface area contributed by atoms with Crippen LogP contribution in [0.15, 0.2) is 18.3 Å². The second-order valence-corrected chi connectivity index (χ2v) is 9.44. The molecule has 36 heavy (non-hydrogen) atoms. The summed E-state index contributed by atoms with van der Waals surface area (Å²) in [6.45, 7) is 4.95. The van der Waals surface area contributed by atoms with Gasteiger partial charge in [-0.1, -0.05) is 0 Å². The number of hydrogen-bond donors (Lipinski definition) is 2. The molecular weight excluding hydrogens is 470 g/mol. The molecule has 0 radical (unpaired) electrons. The molecule has 4 heterocycles. The van der Waals surface area contributed by atoms with Crippen LogP contribution < -0.4 is 25.0 Å². The van der Waals surface area contributed by atoms with Crippen LogP contribution in [0, 0.1) is 11.6 Å². The Labute approximate surface area is 208 Å². The molecule has 0 saturated carbocycles. The largest absolute Gasteiger partial charge is 0.494 e. The Morgan fingerprint density at radius 1 is 1.08 bits per heavy atom. The molecule has 3 aromatic rings. The lowest BCUT2D eigenvalue weighted by Crippen LogP contribution is -2.61. The van der Waals surface area contributed by atoms with E-state index in [-0.39, 0.29) is 34.4 Å². The van der Waals surface area contributed by atoms with Crippen molar-refractivity contribution in [3.05, 3.63) is 30.0 Å². The van der Waals surface area contributed by atoms with Gasteiger partial charge in [0.05, 0.1) is 44.2 Å². The van der Waals surface area contributed by atoms with Gasteiger partial charge in [0.15, 0.2) is 29.0 Å². The minimum Gasteiger partial charge on any atom is -0.494 e. The fourth-order valence-electron chi connectivity index (χ4n) is 4.75. The van der Waals surface area contributed by atoms with Gasteiger partial charge in [0.1, 0.15) is 5.52 Å². The molecule has 0 bridgehead atoms. The van der Waals surface area contributed by atoms with Crippen molar-refractivity contribution in [1.29, 1.82) is 0 Å². The fourth-order valence-corrected chi connectivity index (χ4v) is 4.75. The van der Waals surface area contributed by atoms with E-state index in [0.717, 1.165) is 25.9 Å². The number of piperidine rings is 1. The molecule has 0 aliphatic carbocycles. The summed E-state index contributed by atoms with van der Waals surface area (Å²) in [5.41, 5.74) is 0.00639. The maximum absolute atomic E-state index is 15.3. The van der Waals surface area contributed by atoms with Crippen LogP contribution >= 0.6 is 0 Å². The van der Waals surface area contributed by atoms with Crippen molar-refractivity contribution in [2.45, 2.75) is 31.4 Å². The summed E-state index contributed by atoms with van der Waals surface area (Å²) in [5, 5.41) is 7.36. The number of ether oxygens (including phenoxy) is 3. The minimum atomic E-state index is -0.858. The highest BCUT2D eigenvalue weighted by Crippen LogP contribution is 2.40. The second kappa shape index (κ2) is 9.62. The highest BCUT2D eigenvalue weighted by Gasteiger charge is 2.41. The number of rotatable bonds is 7. The first-order chi connectivity index (χ1) is 17.4. The Hall–Kier alpha value is -3.31. The average Bonchev–Trinajstić information content (AvgIpc) is 2.87. The normalized spacial score (nSPS) is 19.2. The zero-order valence-corrected chi connectivity index (χ0v) is 20.8. The molecule has 1 atom stereocenters. The Bertz CT molecular complexity index is 1250. The first kappa shape index (κ1) is 24.4. The smallest absolute Gasteiger partial charge is 0.223 e. The van der Waals surface area contributed by atoms with Crippen LogP contribution in [0.2, 0.25) is 0 Å². The van der Waals surface area contributed by atoms with Gasteiger partial charge in [-0.25, -0.2) is 23.7 Å². The van der Waals surface area contributed by atoms with Gasteiger partial charge in [0, 0.05) is 37.3 Å². The Morgan fingerprint density at radius 3 is 2.42 bits per heavy atom. The van der Waals surface area contributed by atoms with E-state index in [1.807, 2.05) is 11.8 Å². The number of hydrogen-bond acceptors (Lipinski definition) is 9. The van der Waals surface area contributed by atoms with E-state index in [4.69, 9.17) is 24.2 Å². The predicted molar refractivity (Wildman–Crippen MR) is 133 cm³/mol. The maximum Gasteiger partial charge on any atom is 0.223 e. The second-order valence-electron chi connectivity index (χ2n) is 9.44. The first-order valence-corrected chi connectivity index (χ1v) is 11.9. The monoisotopic (exact) mass is 500 g/mol. The summed E-state index contributed by atoms with van der Waals surface area (Å²) in [6.07, 6.45) is 3.75. The SMILES string of the molecule is COc1cc(OC)c(F)c(-c2cc3cnc(N[C@H]4CCCNC4)nc3c(N3CC(C)(OC)C3)n2)c1F. The van der Waals surface area contributed by atoms with Crippen molar-refractivity contribution in [1.82, 2.24) is 20.3 Å². The predicted octanol–water partition coefficient (Wildman–Crippen LogP) is 3.38. The molecule has 2 aliphatic heterocycles. The number of pyridine rings is 1. The van der Waals surface area contributed by atoms with E-state index in [9.17, 15) is 0 Å². The molecule has 2 N–H and O–H groups in total. The van der Waals surface area contributed by atoms with Crippen LogP contribution in [0.1, 0.15) is 19.8 Å². The molecule has 0 amide bonds. The van der Waals surface area contributed by atoms with Crippen LogP contribution in [0.4, 0.5) is 20.5 Å². The molecule has 2 aromatic heterocycles. The molecular formula is C25H30F2N6O3. The third kappa shape index (κ3) is 4.37. The van der Waals surface area contributed by atoms with Crippen molar-refractivity contribution in [2.24, 2.45) is 0 Å². The summed E-state index contributed by atoms with van der Waals surface area (Å²) in [6, 6.07) is 2.98. The summed E-state index contributed by atoms with van der Waals surface area (Å²) < 4.78 is 46.5. The van der Waals surface area contributed by atoms with E-state index in [1.165, 1.54) is 20.3 Å². The number of anilines is 2. The Morgan fingerprint density at radius 2 is 1.81 bits per heavy atom. The number of halogens is 2. The third-order valence-electron chi connectivity index (χ3n) is 6.85. The van der Waals surface area contributed by atoms with Gasteiger partial charge in [-0.3, -0.25) is 0 Å². The first-order valence-electron chi connectivity index (χ1n) is 11.9. The number of fused-ring (bicyclic) bond motifs is 1. The molecule has 9 nitrogen and oxygen atoms in total. The third-order valence-corrected chi connectivity index (χ3v) is 6.85. The number of benzene rings is 1. The summed E-state index contributed by atoms with van der Waals surface area (Å²) in [7, 11) is 4.29. The molecule has 192 valence electrons. The molecule has 2 fully saturated rings. The number of aromatic nitrogens is 3. The van der Waals surface area contributed by atoms with Crippen molar-refractivity contribution in [3.63, 3.8) is 0 Å². The lowest BCUT2D eigenvalue weighted by atomic mass is 9.96. The molecule has 2 saturated heterocycles. The number of nitrogens with one attached hydrogen (secondary N) is 2. The fraction of sp³-hybridized carbons (Fsp3) is 0.480. The highest BCUT2D eigenvalue weighted by atomic mass is 19.1.